The van der Waals surface area contributed by atoms with Crippen LogP contribution in [0.5, 0.6) is 11.5 Å². The van der Waals surface area contributed by atoms with Crippen LogP contribution in [-0.4, -0.2) is 88.6 Å². The number of pyridine rings is 1. The molecule has 3 aromatic rings. The van der Waals surface area contributed by atoms with Crippen molar-refractivity contribution in [2.24, 2.45) is 0 Å². The van der Waals surface area contributed by atoms with Gasteiger partial charge in [-0.15, -0.1) is 0 Å². The monoisotopic (exact) mass is 576 g/mol. The molecule has 0 saturated carbocycles. The number of carbonyl (C=O) groups excluding carboxylic acids is 2. The maximum atomic E-state index is 13.7. The molecule has 2 aromatic heterocycles. The fraction of sp³-hybridized carbons (Fsp3) is 0.469. The highest BCUT2D eigenvalue weighted by atomic mass is 16.5. The van der Waals surface area contributed by atoms with Crippen LogP contribution in [0.3, 0.4) is 0 Å². The number of Topliss-reactive ketones (excluding diaryl/α,β-unsaturated/α-hetero) is 1. The number of ketones is 1. The number of amides is 1. The van der Waals surface area contributed by atoms with Gasteiger partial charge < -0.3 is 24.2 Å². The van der Waals surface area contributed by atoms with Gasteiger partial charge in [0.05, 0.1) is 43.7 Å². The zero-order valence-electron chi connectivity index (χ0n) is 24.7. The normalized spacial score (nSPS) is 19.1. The number of imidazole rings is 1. The van der Waals surface area contributed by atoms with E-state index in [4.69, 9.17) is 14.2 Å². The van der Waals surface area contributed by atoms with Gasteiger partial charge >= 0.3 is 0 Å². The smallest absolute Gasteiger partial charge is 0.295 e. The standard InChI is InChI=1S/C32H40N4O6/c1-4-6-9-18-42-24-12-11-23(21-25(24)41-5-2)29-27(30(37)28-22(3)33-26-10-7-8-13-35(26)28)31(38)32(39)36(29)15-14-34-16-19-40-20-17-34/h7-8,10-13,21,29,37H,4-6,9,14-20H2,1-3H3. The van der Waals surface area contributed by atoms with Gasteiger partial charge in [0.15, 0.2) is 17.3 Å². The molecule has 1 unspecified atom stereocenters. The summed E-state index contributed by atoms with van der Waals surface area (Å²) < 4.78 is 19.2. The van der Waals surface area contributed by atoms with Crippen LogP contribution in [0.1, 0.15) is 56.1 Å². The summed E-state index contributed by atoms with van der Waals surface area (Å²) in [5.41, 5.74) is 2.28. The summed E-state index contributed by atoms with van der Waals surface area (Å²) in [4.78, 5) is 35.6. The molecule has 42 heavy (non-hydrogen) atoms. The fourth-order valence-electron chi connectivity index (χ4n) is 5.67. The fourth-order valence-corrected chi connectivity index (χ4v) is 5.67. The largest absolute Gasteiger partial charge is 0.505 e. The van der Waals surface area contributed by atoms with Crippen molar-refractivity contribution in [1.29, 1.82) is 0 Å². The van der Waals surface area contributed by atoms with E-state index in [0.29, 0.717) is 73.6 Å². The van der Waals surface area contributed by atoms with E-state index in [1.165, 1.54) is 0 Å². The van der Waals surface area contributed by atoms with Crippen LogP contribution < -0.4 is 9.47 Å². The summed E-state index contributed by atoms with van der Waals surface area (Å²) >= 11 is 0. The number of unbranched alkanes of at least 4 members (excludes halogenated alkanes) is 2. The van der Waals surface area contributed by atoms with Crippen molar-refractivity contribution in [1.82, 2.24) is 19.2 Å². The summed E-state index contributed by atoms with van der Waals surface area (Å²) in [5, 5.41) is 11.8. The average Bonchev–Trinajstić information content (AvgIpc) is 3.47. The zero-order chi connectivity index (χ0) is 29.6. The Labute approximate surface area is 246 Å². The number of morpholine rings is 1. The first kappa shape index (κ1) is 29.6. The van der Waals surface area contributed by atoms with E-state index >= 15 is 0 Å². The SMILES string of the molecule is CCCCCOc1ccc(C2C(=C(O)c3c(C)nc4ccccn34)C(=O)C(=O)N2CCN2CCOCC2)cc1OCC. The van der Waals surface area contributed by atoms with Crippen molar-refractivity contribution >= 4 is 23.1 Å². The van der Waals surface area contributed by atoms with Gasteiger partial charge in [-0.1, -0.05) is 31.9 Å². The Morgan fingerprint density at radius 2 is 1.86 bits per heavy atom. The number of hydrogen-bond donors (Lipinski definition) is 1. The van der Waals surface area contributed by atoms with Crippen molar-refractivity contribution < 1.29 is 28.9 Å². The minimum Gasteiger partial charge on any atom is -0.505 e. The number of aliphatic hydroxyl groups excluding tert-OH is 1. The van der Waals surface area contributed by atoms with Crippen molar-refractivity contribution in [3.63, 3.8) is 0 Å². The van der Waals surface area contributed by atoms with Crippen molar-refractivity contribution in [3.8, 4) is 11.5 Å². The number of nitrogens with zero attached hydrogens (tertiary/aromatic N) is 4. The number of fused-ring (bicyclic) bond motifs is 1. The molecule has 0 spiro atoms. The van der Waals surface area contributed by atoms with Crippen LogP contribution in [-0.2, 0) is 14.3 Å². The Kier molecular flexibility index (Phi) is 9.44. The quantitative estimate of drug-likeness (QED) is 0.147. The predicted molar refractivity (Wildman–Crippen MR) is 159 cm³/mol. The highest BCUT2D eigenvalue weighted by molar-refractivity contribution is 6.46. The first-order valence-electron chi connectivity index (χ1n) is 14.9. The first-order chi connectivity index (χ1) is 20.4. The summed E-state index contributed by atoms with van der Waals surface area (Å²) in [6.07, 6.45) is 4.88. The van der Waals surface area contributed by atoms with Crippen molar-refractivity contribution in [2.75, 3.05) is 52.6 Å². The molecule has 2 aliphatic heterocycles. The topological polar surface area (TPSA) is 106 Å². The van der Waals surface area contributed by atoms with Gasteiger partial charge in [-0.05, 0) is 50.1 Å². The molecule has 10 nitrogen and oxygen atoms in total. The van der Waals surface area contributed by atoms with Gasteiger partial charge in [0.1, 0.15) is 11.3 Å². The molecule has 4 heterocycles. The summed E-state index contributed by atoms with van der Waals surface area (Å²) in [5.74, 6) is -0.459. The highest BCUT2D eigenvalue weighted by Crippen LogP contribution is 2.42. The van der Waals surface area contributed by atoms with Gasteiger partial charge in [0.25, 0.3) is 11.7 Å². The average molecular weight is 577 g/mol. The van der Waals surface area contributed by atoms with Crippen LogP contribution in [0.15, 0.2) is 48.2 Å². The van der Waals surface area contributed by atoms with Gasteiger partial charge in [-0.25, -0.2) is 4.98 Å². The lowest BCUT2D eigenvalue weighted by molar-refractivity contribution is -0.140. The van der Waals surface area contributed by atoms with Gasteiger partial charge in [-0.3, -0.25) is 18.9 Å². The second kappa shape index (κ2) is 13.4. The van der Waals surface area contributed by atoms with Gasteiger partial charge in [0.2, 0.25) is 0 Å². The molecule has 1 aromatic carbocycles. The van der Waals surface area contributed by atoms with Crippen molar-refractivity contribution in [3.05, 3.63) is 65.1 Å². The Hall–Kier alpha value is -3.89. The molecule has 0 aliphatic carbocycles. The van der Waals surface area contributed by atoms with E-state index in [1.807, 2.05) is 43.3 Å². The van der Waals surface area contributed by atoms with Crippen LogP contribution in [0.4, 0.5) is 0 Å². The van der Waals surface area contributed by atoms with Crippen LogP contribution >= 0.6 is 0 Å². The molecule has 5 rings (SSSR count). The molecular weight excluding hydrogens is 536 g/mol. The summed E-state index contributed by atoms with van der Waals surface area (Å²) in [7, 11) is 0. The molecular formula is C32H40N4O6. The second-order valence-corrected chi connectivity index (χ2v) is 10.6. The molecule has 0 radical (unpaired) electrons. The van der Waals surface area contributed by atoms with E-state index in [9.17, 15) is 14.7 Å². The second-order valence-electron chi connectivity index (χ2n) is 10.6. The lowest BCUT2D eigenvalue weighted by Crippen LogP contribution is -2.42. The number of likely N-dealkylation sites (tertiary alicyclic amines) is 1. The van der Waals surface area contributed by atoms with Crippen LogP contribution in [0, 0.1) is 6.92 Å². The van der Waals surface area contributed by atoms with Gasteiger partial charge in [-0.2, -0.15) is 0 Å². The number of aryl methyl sites for hydroxylation is 1. The maximum absolute atomic E-state index is 13.7. The third-order valence-corrected chi connectivity index (χ3v) is 7.82. The highest BCUT2D eigenvalue weighted by Gasteiger charge is 2.46. The predicted octanol–water partition coefficient (Wildman–Crippen LogP) is 4.36. The third kappa shape index (κ3) is 6.00. The van der Waals surface area contributed by atoms with Crippen LogP contribution in [0.2, 0.25) is 0 Å². The Bertz CT molecular complexity index is 1460. The Morgan fingerprint density at radius 1 is 1.05 bits per heavy atom. The molecule has 2 fully saturated rings. The van der Waals surface area contributed by atoms with Crippen LogP contribution in [0.25, 0.3) is 11.4 Å². The molecule has 1 N–H and O–H groups in total. The molecule has 224 valence electrons. The zero-order valence-corrected chi connectivity index (χ0v) is 24.7. The molecule has 1 amide bonds. The van der Waals surface area contributed by atoms with E-state index in [2.05, 4.69) is 16.8 Å². The first-order valence-corrected chi connectivity index (χ1v) is 14.9. The Morgan fingerprint density at radius 3 is 2.62 bits per heavy atom. The minimum atomic E-state index is -0.812. The van der Waals surface area contributed by atoms with Crippen molar-refractivity contribution in [2.45, 2.75) is 46.1 Å². The lowest BCUT2D eigenvalue weighted by atomic mass is 9.96. The molecule has 2 aliphatic rings. The van der Waals surface area contributed by atoms with E-state index in [1.54, 1.807) is 22.4 Å². The van der Waals surface area contributed by atoms with E-state index < -0.39 is 17.7 Å². The summed E-state index contributed by atoms with van der Waals surface area (Å²) in [6.45, 7) is 10.5. The Balaban J connectivity index is 1.58. The molecule has 10 heteroatoms. The molecule has 1 atom stereocenters. The summed E-state index contributed by atoms with van der Waals surface area (Å²) in [6, 6.07) is 10.2. The number of hydrogen-bond acceptors (Lipinski definition) is 8. The number of aromatic nitrogens is 2. The maximum Gasteiger partial charge on any atom is 0.295 e. The number of rotatable bonds is 12. The minimum absolute atomic E-state index is 0.0368. The molecule has 0 bridgehead atoms. The van der Waals surface area contributed by atoms with E-state index in [0.717, 1.165) is 32.4 Å². The van der Waals surface area contributed by atoms with E-state index in [-0.39, 0.29) is 11.3 Å². The lowest BCUT2D eigenvalue weighted by Gasteiger charge is -2.31. The third-order valence-electron chi connectivity index (χ3n) is 7.82. The number of aliphatic hydroxyl groups is 1. The number of carbonyl (C=O) groups is 2. The molecule has 2 saturated heterocycles. The van der Waals surface area contributed by atoms with Gasteiger partial charge in [0, 0.05) is 32.4 Å². The number of ether oxygens (including phenoxy) is 3. The number of benzene rings is 1.